The molecule has 0 fully saturated rings. The van der Waals surface area contributed by atoms with Crippen LogP contribution in [0.4, 0.5) is 0 Å². The molecule has 0 radical (unpaired) electrons. The predicted molar refractivity (Wildman–Crippen MR) is 82.7 cm³/mol. The maximum Gasteiger partial charge on any atom is 0.0795 e. The maximum absolute atomic E-state index is 4.46. The molecular formula is C16H22N2S. The molecule has 0 aliphatic heterocycles. The molecule has 102 valence electrons. The first kappa shape index (κ1) is 14.2. The van der Waals surface area contributed by atoms with Crippen molar-refractivity contribution in [3.8, 4) is 0 Å². The van der Waals surface area contributed by atoms with E-state index >= 15 is 0 Å². The van der Waals surface area contributed by atoms with Crippen molar-refractivity contribution in [2.75, 3.05) is 6.54 Å². The van der Waals surface area contributed by atoms with Gasteiger partial charge in [-0.1, -0.05) is 44.5 Å². The molecule has 0 aliphatic carbocycles. The summed E-state index contributed by atoms with van der Waals surface area (Å²) < 4.78 is 0. The summed E-state index contributed by atoms with van der Waals surface area (Å²) in [7, 11) is 0. The van der Waals surface area contributed by atoms with E-state index in [1.165, 1.54) is 17.5 Å². The standard InChI is InChI=1S/C16H22N2S/c1-3-5-13-6-8-14(9-7-13)16(17-10-4-2)15-11-19-12-18-15/h6-9,11-12,16-17H,3-5,10H2,1-2H3. The fourth-order valence-corrected chi connectivity index (χ4v) is 2.79. The van der Waals surface area contributed by atoms with Gasteiger partial charge in [0.2, 0.25) is 0 Å². The summed E-state index contributed by atoms with van der Waals surface area (Å²) >= 11 is 1.66. The number of hydrogen-bond donors (Lipinski definition) is 1. The fraction of sp³-hybridized carbons (Fsp3) is 0.438. The number of nitrogens with zero attached hydrogens (tertiary/aromatic N) is 1. The number of aryl methyl sites for hydroxylation is 1. The monoisotopic (exact) mass is 274 g/mol. The van der Waals surface area contributed by atoms with Crippen LogP contribution in [0.25, 0.3) is 0 Å². The Balaban J connectivity index is 2.17. The Morgan fingerprint density at radius 1 is 1.16 bits per heavy atom. The number of benzene rings is 1. The van der Waals surface area contributed by atoms with E-state index in [0.717, 1.165) is 25.1 Å². The highest BCUT2D eigenvalue weighted by Gasteiger charge is 2.14. The summed E-state index contributed by atoms with van der Waals surface area (Å²) in [6.45, 7) is 5.42. The van der Waals surface area contributed by atoms with Crippen LogP contribution in [-0.2, 0) is 6.42 Å². The third-order valence-corrected chi connectivity index (χ3v) is 3.80. The van der Waals surface area contributed by atoms with Gasteiger partial charge in [0.05, 0.1) is 17.2 Å². The molecule has 1 aromatic carbocycles. The summed E-state index contributed by atoms with van der Waals surface area (Å²) in [6.07, 6.45) is 3.49. The minimum Gasteiger partial charge on any atom is -0.305 e. The summed E-state index contributed by atoms with van der Waals surface area (Å²) in [6, 6.07) is 9.18. The van der Waals surface area contributed by atoms with E-state index in [1.54, 1.807) is 11.3 Å². The van der Waals surface area contributed by atoms with Crippen LogP contribution in [0.5, 0.6) is 0 Å². The number of nitrogens with one attached hydrogen (secondary N) is 1. The van der Waals surface area contributed by atoms with Gasteiger partial charge in [-0.15, -0.1) is 11.3 Å². The smallest absolute Gasteiger partial charge is 0.0795 e. The summed E-state index contributed by atoms with van der Waals surface area (Å²) in [5.41, 5.74) is 5.75. The van der Waals surface area contributed by atoms with Crippen LogP contribution in [0.1, 0.15) is 49.6 Å². The Morgan fingerprint density at radius 3 is 2.53 bits per heavy atom. The van der Waals surface area contributed by atoms with E-state index in [1.807, 2.05) is 5.51 Å². The van der Waals surface area contributed by atoms with Gasteiger partial charge >= 0.3 is 0 Å². The van der Waals surface area contributed by atoms with Gasteiger partial charge in [0.1, 0.15) is 0 Å². The second kappa shape index (κ2) is 7.41. The molecule has 0 bridgehead atoms. The second-order valence-corrected chi connectivity index (χ2v) is 5.51. The highest BCUT2D eigenvalue weighted by Crippen LogP contribution is 2.22. The van der Waals surface area contributed by atoms with Crippen molar-refractivity contribution >= 4 is 11.3 Å². The van der Waals surface area contributed by atoms with Gasteiger partial charge in [-0.3, -0.25) is 0 Å². The molecule has 1 atom stereocenters. The van der Waals surface area contributed by atoms with Crippen LogP contribution in [0.3, 0.4) is 0 Å². The van der Waals surface area contributed by atoms with Gasteiger partial charge in [0, 0.05) is 5.38 Å². The second-order valence-electron chi connectivity index (χ2n) is 4.79. The molecule has 0 amide bonds. The lowest BCUT2D eigenvalue weighted by molar-refractivity contribution is 0.589. The normalized spacial score (nSPS) is 12.5. The first-order valence-corrected chi connectivity index (χ1v) is 7.99. The maximum atomic E-state index is 4.46. The fourth-order valence-electron chi connectivity index (χ4n) is 2.21. The molecule has 0 spiro atoms. The summed E-state index contributed by atoms with van der Waals surface area (Å²) in [5, 5.41) is 5.72. The lowest BCUT2D eigenvalue weighted by Gasteiger charge is -2.17. The number of thiazole rings is 1. The Bertz CT molecular complexity index is 462. The van der Waals surface area contributed by atoms with Crippen molar-refractivity contribution in [2.24, 2.45) is 0 Å². The Morgan fingerprint density at radius 2 is 1.95 bits per heavy atom. The van der Waals surface area contributed by atoms with Crippen LogP contribution in [-0.4, -0.2) is 11.5 Å². The molecule has 2 rings (SSSR count). The third kappa shape index (κ3) is 3.88. The molecule has 0 saturated carbocycles. The molecule has 2 nitrogen and oxygen atoms in total. The lowest BCUT2D eigenvalue weighted by Crippen LogP contribution is -2.23. The SMILES string of the molecule is CCCNC(c1ccc(CCC)cc1)c1cscn1. The highest BCUT2D eigenvalue weighted by molar-refractivity contribution is 7.07. The lowest BCUT2D eigenvalue weighted by atomic mass is 10.0. The van der Waals surface area contributed by atoms with Gasteiger partial charge in [0.25, 0.3) is 0 Å². The minimum absolute atomic E-state index is 0.224. The van der Waals surface area contributed by atoms with Crippen LogP contribution < -0.4 is 5.32 Å². The summed E-state index contributed by atoms with van der Waals surface area (Å²) in [4.78, 5) is 4.46. The van der Waals surface area contributed by atoms with Crippen molar-refractivity contribution in [1.29, 1.82) is 0 Å². The first-order chi connectivity index (χ1) is 9.35. The van der Waals surface area contributed by atoms with Crippen molar-refractivity contribution in [3.05, 3.63) is 52.0 Å². The van der Waals surface area contributed by atoms with E-state index in [9.17, 15) is 0 Å². The van der Waals surface area contributed by atoms with Gasteiger partial charge in [-0.2, -0.15) is 0 Å². The molecule has 19 heavy (non-hydrogen) atoms. The molecular weight excluding hydrogens is 252 g/mol. The molecule has 3 heteroatoms. The van der Waals surface area contributed by atoms with Gasteiger partial charge < -0.3 is 5.32 Å². The van der Waals surface area contributed by atoms with Gasteiger partial charge in [-0.05, 0) is 30.5 Å². The molecule has 2 aromatic rings. The third-order valence-electron chi connectivity index (χ3n) is 3.20. The topological polar surface area (TPSA) is 24.9 Å². The van der Waals surface area contributed by atoms with Crippen LogP contribution >= 0.6 is 11.3 Å². The van der Waals surface area contributed by atoms with Gasteiger partial charge in [0.15, 0.2) is 0 Å². The zero-order valence-electron chi connectivity index (χ0n) is 11.7. The van der Waals surface area contributed by atoms with E-state index in [4.69, 9.17) is 0 Å². The molecule has 0 saturated heterocycles. The predicted octanol–water partition coefficient (Wildman–Crippen LogP) is 4.18. The highest BCUT2D eigenvalue weighted by atomic mass is 32.1. The zero-order chi connectivity index (χ0) is 13.5. The Kier molecular flexibility index (Phi) is 5.55. The molecule has 1 N–H and O–H groups in total. The van der Waals surface area contributed by atoms with Crippen molar-refractivity contribution in [2.45, 2.75) is 39.2 Å². The number of hydrogen-bond acceptors (Lipinski definition) is 3. The molecule has 1 unspecified atom stereocenters. The number of aromatic nitrogens is 1. The summed E-state index contributed by atoms with van der Waals surface area (Å²) in [5.74, 6) is 0. The average molecular weight is 274 g/mol. The van der Waals surface area contributed by atoms with Crippen LogP contribution in [0.2, 0.25) is 0 Å². The molecule has 1 aromatic heterocycles. The van der Waals surface area contributed by atoms with Gasteiger partial charge in [-0.25, -0.2) is 4.98 Å². The van der Waals surface area contributed by atoms with Crippen LogP contribution in [0.15, 0.2) is 35.2 Å². The van der Waals surface area contributed by atoms with E-state index in [2.05, 4.69) is 53.8 Å². The Labute approximate surface area is 119 Å². The van der Waals surface area contributed by atoms with Crippen molar-refractivity contribution < 1.29 is 0 Å². The number of rotatable bonds is 7. The van der Waals surface area contributed by atoms with E-state index in [-0.39, 0.29) is 6.04 Å². The molecule has 1 heterocycles. The minimum atomic E-state index is 0.224. The van der Waals surface area contributed by atoms with Crippen molar-refractivity contribution in [1.82, 2.24) is 10.3 Å². The van der Waals surface area contributed by atoms with E-state index in [0.29, 0.717) is 0 Å². The van der Waals surface area contributed by atoms with E-state index < -0.39 is 0 Å². The molecule has 0 aliphatic rings. The largest absolute Gasteiger partial charge is 0.305 e. The quantitative estimate of drug-likeness (QED) is 0.819. The average Bonchev–Trinajstić information content (AvgIpc) is 2.95. The first-order valence-electron chi connectivity index (χ1n) is 7.05. The van der Waals surface area contributed by atoms with Crippen molar-refractivity contribution in [3.63, 3.8) is 0 Å². The van der Waals surface area contributed by atoms with Crippen LogP contribution in [0, 0.1) is 0 Å². The Hall–Kier alpha value is -1.19. The zero-order valence-corrected chi connectivity index (χ0v) is 12.5.